The van der Waals surface area contributed by atoms with E-state index >= 15 is 0 Å². The average Bonchev–Trinajstić information content (AvgIpc) is 2.64. The Kier molecular flexibility index (Phi) is 5.92. The van der Waals surface area contributed by atoms with E-state index in [2.05, 4.69) is 10.3 Å². The highest BCUT2D eigenvalue weighted by atomic mass is 19.4. The van der Waals surface area contributed by atoms with Crippen molar-refractivity contribution < 1.29 is 22.4 Å². The first-order chi connectivity index (χ1) is 13.3. The van der Waals surface area contributed by atoms with E-state index in [-0.39, 0.29) is 12.3 Å². The van der Waals surface area contributed by atoms with Gasteiger partial charge >= 0.3 is 6.18 Å². The largest absolute Gasteiger partial charge is 0.419 e. The Morgan fingerprint density at radius 3 is 2.68 bits per heavy atom. The zero-order valence-electron chi connectivity index (χ0n) is 14.9. The molecule has 28 heavy (non-hydrogen) atoms. The third kappa shape index (κ3) is 4.85. The normalized spacial score (nSPS) is 11.6. The van der Waals surface area contributed by atoms with Crippen LogP contribution in [-0.2, 0) is 23.8 Å². The number of carbonyl (C=O) groups is 1. The van der Waals surface area contributed by atoms with Gasteiger partial charge in [0.2, 0.25) is 5.91 Å². The lowest BCUT2D eigenvalue weighted by Crippen LogP contribution is -2.26. The Bertz CT molecular complexity index is 980. The standard InChI is InChI=1S/C21H18F4N2O/c22-19-11-14(6-7-18(19)21(23,24)25)3-2-9-27-20(28)12-15-4-1-5-16-13-26-10-8-17(15)16/h1,4-8,10-11,13H,2-3,9,12H2,(H,27,28). The minimum absolute atomic E-state index is 0.150. The number of alkyl halides is 3. The van der Waals surface area contributed by atoms with E-state index in [4.69, 9.17) is 0 Å². The fraction of sp³-hybridized carbons (Fsp3) is 0.238. The summed E-state index contributed by atoms with van der Waals surface area (Å²) in [5.41, 5.74) is 0.0818. The van der Waals surface area contributed by atoms with Crippen molar-refractivity contribution in [1.82, 2.24) is 10.3 Å². The number of halogens is 4. The van der Waals surface area contributed by atoms with Gasteiger partial charge in [-0.15, -0.1) is 0 Å². The van der Waals surface area contributed by atoms with Gasteiger partial charge in [-0.25, -0.2) is 4.39 Å². The fourth-order valence-electron chi connectivity index (χ4n) is 3.04. The summed E-state index contributed by atoms with van der Waals surface area (Å²) in [7, 11) is 0. The minimum atomic E-state index is -4.70. The van der Waals surface area contributed by atoms with Crippen molar-refractivity contribution >= 4 is 16.7 Å². The van der Waals surface area contributed by atoms with Gasteiger partial charge in [0.15, 0.2) is 0 Å². The van der Waals surface area contributed by atoms with E-state index in [9.17, 15) is 22.4 Å². The highest BCUT2D eigenvalue weighted by molar-refractivity contribution is 5.89. The number of aromatic nitrogens is 1. The van der Waals surface area contributed by atoms with Crippen molar-refractivity contribution in [2.45, 2.75) is 25.4 Å². The average molecular weight is 390 g/mol. The molecule has 7 heteroatoms. The number of pyridine rings is 1. The molecular weight excluding hydrogens is 372 g/mol. The molecule has 146 valence electrons. The first kappa shape index (κ1) is 19.8. The second-order valence-corrected chi connectivity index (χ2v) is 6.46. The molecule has 0 aliphatic rings. The highest BCUT2D eigenvalue weighted by Crippen LogP contribution is 2.31. The van der Waals surface area contributed by atoms with E-state index in [1.165, 1.54) is 6.07 Å². The lowest BCUT2D eigenvalue weighted by Gasteiger charge is -2.10. The number of hydrogen-bond acceptors (Lipinski definition) is 2. The number of benzene rings is 2. The van der Waals surface area contributed by atoms with Crippen molar-refractivity contribution in [2.24, 2.45) is 0 Å². The number of aryl methyl sites for hydroxylation is 1. The number of nitrogens with one attached hydrogen (secondary N) is 1. The van der Waals surface area contributed by atoms with Crippen LogP contribution in [0.25, 0.3) is 10.8 Å². The molecule has 0 fully saturated rings. The molecule has 3 nitrogen and oxygen atoms in total. The maximum atomic E-state index is 13.6. The first-order valence-electron chi connectivity index (χ1n) is 8.78. The van der Waals surface area contributed by atoms with E-state index in [1.54, 1.807) is 12.4 Å². The van der Waals surface area contributed by atoms with Crippen molar-refractivity contribution in [3.05, 3.63) is 77.4 Å². The van der Waals surface area contributed by atoms with E-state index in [1.807, 2.05) is 24.3 Å². The summed E-state index contributed by atoms with van der Waals surface area (Å²) >= 11 is 0. The minimum Gasteiger partial charge on any atom is -0.356 e. The van der Waals surface area contributed by atoms with Gasteiger partial charge in [0, 0.05) is 24.3 Å². The third-order valence-electron chi connectivity index (χ3n) is 4.43. The number of amides is 1. The van der Waals surface area contributed by atoms with Crippen LogP contribution in [0.15, 0.2) is 54.9 Å². The van der Waals surface area contributed by atoms with Crippen LogP contribution in [-0.4, -0.2) is 17.4 Å². The van der Waals surface area contributed by atoms with Crippen LogP contribution in [0.5, 0.6) is 0 Å². The van der Waals surface area contributed by atoms with Crippen molar-refractivity contribution in [1.29, 1.82) is 0 Å². The highest BCUT2D eigenvalue weighted by Gasteiger charge is 2.33. The smallest absolute Gasteiger partial charge is 0.356 e. The Hall–Kier alpha value is -2.96. The zero-order valence-corrected chi connectivity index (χ0v) is 14.9. The Morgan fingerprint density at radius 2 is 1.93 bits per heavy atom. The Balaban J connectivity index is 1.50. The number of hydrogen-bond donors (Lipinski definition) is 1. The molecule has 1 amide bonds. The number of carbonyl (C=O) groups excluding carboxylic acids is 1. The van der Waals surface area contributed by atoms with E-state index < -0.39 is 17.6 Å². The monoisotopic (exact) mass is 390 g/mol. The Labute approximate surface area is 159 Å². The molecule has 3 rings (SSSR count). The molecule has 1 heterocycles. The maximum absolute atomic E-state index is 13.6. The third-order valence-corrected chi connectivity index (χ3v) is 4.43. The molecule has 1 N–H and O–H groups in total. The number of nitrogens with zero attached hydrogens (tertiary/aromatic N) is 1. The summed E-state index contributed by atoms with van der Waals surface area (Å²) in [5.74, 6) is -1.43. The van der Waals surface area contributed by atoms with Crippen LogP contribution in [0.4, 0.5) is 17.6 Å². The van der Waals surface area contributed by atoms with Crippen LogP contribution < -0.4 is 5.32 Å². The molecule has 0 aliphatic heterocycles. The molecule has 0 bridgehead atoms. The molecule has 0 saturated heterocycles. The molecule has 0 radical (unpaired) electrons. The van der Waals surface area contributed by atoms with Crippen LogP contribution >= 0.6 is 0 Å². The molecule has 2 aromatic carbocycles. The molecular formula is C21H18F4N2O. The van der Waals surface area contributed by atoms with Crippen molar-refractivity contribution in [3.8, 4) is 0 Å². The van der Waals surface area contributed by atoms with Crippen LogP contribution in [0.1, 0.15) is 23.1 Å². The topological polar surface area (TPSA) is 42.0 Å². The molecule has 0 aliphatic carbocycles. The molecule has 0 unspecified atom stereocenters. The van der Waals surface area contributed by atoms with Gasteiger partial charge in [0.05, 0.1) is 12.0 Å². The maximum Gasteiger partial charge on any atom is 0.419 e. The zero-order chi connectivity index (χ0) is 20.1. The Morgan fingerprint density at radius 1 is 1.11 bits per heavy atom. The second kappa shape index (κ2) is 8.37. The number of fused-ring (bicyclic) bond motifs is 1. The molecule has 3 aromatic rings. The van der Waals surface area contributed by atoms with Gasteiger partial charge in [-0.05, 0) is 47.6 Å². The molecule has 0 saturated carbocycles. The SMILES string of the molecule is O=C(Cc1cccc2cnccc12)NCCCc1ccc(C(F)(F)F)c(F)c1. The molecule has 0 atom stereocenters. The van der Waals surface area contributed by atoms with Gasteiger partial charge in [-0.1, -0.05) is 24.3 Å². The fourth-order valence-corrected chi connectivity index (χ4v) is 3.04. The number of rotatable bonds is 6. The summed E-state index contributed by atoms with van der Waals surface area (Å²) in [5, 5.41) is 4.71. The summed E-state index contributed by atoms with van der Waals surface area (Å²) in [6.07, 6.45) is -0.206. The van der Waals surface area contributed by atoms with E-state index in [0.29, 0.717) is 24.9 Å². The van der Waals surface area contributed by atoms with E-state index in [0.717, 1.165) is 28.5 Å². The molecule has 0 spiro atoms. The van der Waals surface area contributed by atoms with Crippen LogP contribution in [0, 0.1) is 5.82 Å². The second-order valence-electron chi connectivity index (χ2n) is 6.46. The lowest BCUT2D eigenvalue weighted by atomic mass is 10.0. The van der Waals surface area contributed by atoms with Gasteiger partial charge in [-0.2, -0.15) is 13.2 Å². The van der Waals surface area contributed by atoms with Gasteiger partial charge in [0.1, 0.15) is 5.82 Å². The van der Waals surface area contributed by atoms with Crippen molar-refractivity contribution in [2.75, 3.05) is 6.54 Å². The summed E-state index contributed by atoms with van der Waals surface area (Å²) in [6, 6.07) is 10.4. The van der Waals surface area contributed by atoms with Crippen molar-refractivity contribution in [3.63, 3.8) is 0 Å². The van der Waals surface area contributed by atoms with Gasteiger partial charge in [0.25, 0.3) is 0 Å². The predicted octanol–water partition coefficient (Wildman–Crippen LogP) is 4.68. The summed E-state index contributed by atoms with van der Waals surface area (Å²) in [6.45, 7) is 0.355. The quantitative estimate of drug-likeness (QED) is 0.490. The summed E-state index contributed by atoms with van der Waals surface area (Å²) < 4.78 is 51.2. The van der Waals surface area contributed by atoms with Gasteiger partial charge in [-0.3, -0.25) is 9.78 Å². The van der Waals surface area contributed by atoms with Crippen LogP contribution in [0.2, 0.25) is 0 Å². The summed E-state index contributed by atoms with van der Waals surface area (Å²) in [4.78, 5) is 16.2. The van der Waals surface area contributed by atoms with Gasteiger partial charge < -0.3 is 5.32 Å². The molecule has 1 aromatic heterocycles. The lowest BCUT2D eigenvalue weighted by molar-refractivity contribution is -0.140. The predicted molar refractivity (Wildman–Crippen MR) is 98.2 cm³/mol. The van der Waals surface area contributed by atoms with Crippen LogP contribution in [0.3, 0.4) is 0 Å². The first-order valence-corrected chi connectivity index (χ1v) is 8.78.